The maximum absolute atomic E-state index is 12.8. The van der Waals surface area contributed by atoms with Crippen molar-refractivity contribution in [1.82, 2.24) is 4.90 Å². The molecule has 2 amide bonds. The Morgan fingerprint density at radius 1 is 1.36 bits per heavy atom. The molecule has 0 spiro atoms. The Balaban J connectivity index is 0.00000225. The molecule has 2 unspecified atom stereocenters. The molecule has 2 heterocycles. The zero-order chi connectivity index (χ0) is 17.3. The highest BCUT2D eigenvalue weighted by Crippen LogP contribution is 2.32. The van der Waals surface area contributed by atoms with Gasteiger partial charge in [0.1, 0.15) is 5.75 Å². The number of hydrogen-bond donors (Lipinski definition) is 1. The molecule has 2 atom stereocenters. The number of ether oxygens (including phenoxy) is 1. The summed E-state index contributed by atoms with van der Waals surface area (Å²) in [6.07, 6.45) is 1.21. The zero-order valence-corrected chi connectivity index (χ0v) is 15.6. The third-order valence-corrected chi connectivity index (χ3v) is 5.22. The SMILES string of the molecule is COc1ccc(N2CC(C(=O)N3CCC(C)(CN)C3)CC2=O)cc1.Cl. The molecular formula is C18H26ClN3O3. The molecule has 138 valence electrons. The van der Waals surface area contributed by atoms with Crippen LogP contribution in [-0.4, -0.2) is 50.0 Å². The molecule has 3 rings (SSSR count). The van der Waals surface area contributed by atoms with Gasteiger partial charge in [-0.15, -0.1) is 12.4 Å². The monoisotopic (exact) mass is 367 g/mol. The van der Waals surface area contributed by atoms with Crippen LogP contribution in [0.3, 0.4) is 0 Å². The van der Waals surface area contributed by atoms with Crippen molar-refractivity contribution in [3.63, 3.8) is 0 Å². The molecule has 1 aromatic carbocycles. The summed E-state index contributed by atoms with van der Waals surface area (Å²) in [4.78, 5) is 28.7. The first kappa shape index (κ1) is 19.5. The smallest absolute Gasteiger partial charge is 0.228 e. The Morgan fingerprint density at radius 3 is 2.60 bits per heavy atom. The molecule has 2 N–H and O–H groups in total. The van der Waals surface area contributed by atoms with Gasteiger partial charge >= 0.3 is 0 Å². The van der Waals surface area contributed by atoms with Gasteiger partial charge in [0.05, 0.1) is 13.0 Å². The van der Waals surface area contributed by atoms with Crippen LogP contribution in [0, 0.1) is 11.3 Å². The molecular weight excluding hydrogens is 342 g/mol. The lowest BCUT2D eigenvalue weighted by Crippen LogP contribution is -2.38. The van der Waals surface area contributed by atoms with Gasteiger partial charge in [0.15, 0.2) is 0 Å². The summed E-state index contributed by atoms with van der Waals surface area (Å²) in [5, 5.41) is 0. The average Bonchev–Trinajstić information content (AvgIpc) is 3.18. The maximum atomic E-state index is 12.8. The topological polar surface area (TPSA) is 75.9 Å². The van der Waals surface area contributed by atoms with E-state index in [2.05, 4.69) is 6.92 Å². The van der Waals surface area contributed by atoms with Crippen LogP contribution in [-0.2, 0) is 9.59 Å². The van der Waals surface area contributed by atoms with E-state index >= 15 is 0 Å². The van der Waals surface area contributed by atoms with Crippen molar-refractivity contribution in [3.8, 4) is 5.75 Å². The molecule has 2 saturated heterocycles. The summed E-state index contributed by atoms with van der Waals surface area (Å²) in [7, 11) is 1.61. The summed E-state index contributed by atoms with van der Waals surface area (Å²) in [5.41, 5.74) is 6.63. The number of halogens is 1. The summed E-state index contributed by atoms with van der Waals surface area (Å²) in [6.45, 7) is 4.57. The average molecular weight is 368 g/mol. The van der Waals surface area contributed by atoms with Crippen LogP contribution in [0.15, 0.2) is 24.3 Å². The predicted molar refractivity (Wildman–Crippen MR) is 99.1 cm³/mol. The van der Waals surface area contributed by atoms with E-state index in [1.165, 1.54) is 0 Å². The molecule has 2 fully saturated rings. The minimum absolute atomic E-state index is 0. The second-order valence-electron chi connectivity index (χ2n) is 7.13. The molecule has 0 radical (unpaired) electrons. The molecule has 25 heavy (non-hydrogen) atoms. The first-order valence-electron chi connectivity index (χ1n) is 8.39. The number of likely N-dealkylation sites (tertiary alicyclic amines) is 1. The van der Waals surface area contributed by atoms with Gasteiger partial charge in [-0.1, -0.05) is 6.92 Å². The molecule has 0 saturated carbocycles. The Labute approximate surface area is 154 Å². The fraction of sp³-hybridized carbons (Fsp3) is 0.556. The van der Waals surface area contributed by atoms with Gasteiger partial charge in [0.2, 0.25) is 11.8 Å². The number of hydrogen-bond acceptors (Lipinski definition) is 4. The van der Waals surface area contributed by atoms with E-state index in [9.17, 15) is 9.59 Å². The van der Waals surface area contributed by atoms with Crippen molar-refractivity contribution in [1.29, 1.82) is 0 Å². The first-order chi connectivity index (χ1) is 11.5. The van der Waals surface area contributed by atoms with Crippen molar-refractivity contribution in [2.75, 3.05) is 38.2 Å². The second kappa shape index (κ2) is 7.62. The highest BCUT2D eigenvalue weighted by molar-refractivity contribution is 6.00. The minimum atomic E-state index is -0.264. The summed E-state index contributed by atoms with van der Waals surface area (Å²) < 4.78 is 5.14. The number of rotatable bonds is 4. The van der Waals surface area contributed by atoms with Gasteiger partial charge in [0.25, 0.3) is 0 Å². The number of benzene rings is 1. The summed E-state index contributed by atoms with van der Waals surface area (Å²) in [5.74, 6) is 0.562. The van der Waals surface area contributed by atoms with Crippen molar-refractivity contribution < 1.29 is 14.3 Å². The predicted octanol–water partition coefficient (Wildman–Crippen LogP) is 1.67. The quantitative estimate of drug-likeness (QED) is 0.878. The van der Waals surface area contributed by atoms with E-state index in [4.69, 9.17) is 10.5 Å². The van der Waals surface area contributed by atoms with E-state index in [0.717, 1.165) is 24.4 Å². The normalized spacial score (nSPS) is 25.9. The van der Waals surface area contributed by atoms with Gasteiger partial charge in [-0.25, -0.2) is 0 Å². The molecule has 0 aliphatic carbocycles. The second-order valence-corrected chi connectivity index (χ2v) is 7.13. The van der Waals surface area contributed by atoms with Crippen molar-refractivity contribution in [2.45, 2.75) is 19.8 Å². The highest BCUT2D eigenvalue weighted by atomic mass is 35.5. The van der Waals surface area contributed by atoms with E-state index in [0.29, 0.717) is 19.6 Å². The van der Waals surface area contributed by atoms with Crippen LogP contribution in [0.1, 0.15) is 19.8 Å². The van der Waals surface area contributed by atoms with Crippen LogP contribution in [0.2, 0.25) is 0 Å². The largest absolute Gasteiger partial charge is 0.497 e. The van der Waals surface area contributed by atoms with Gasteiger partial charge in [-0.2, -0.15) is 0 Å². The van der Waals surface area contributed by atoms with Gasteiger partial charge in [0, 0.05) is 31.7 Å². The van der Waals surface area contributed by atoms with Gasteiger partial charge in [-0.3, -0.25) is 9.59 Å². The lowest BCUT2D eigenvalue weighted by atomic mass is 9.90. The number of amides is 2. The number of nitrogens with two attached hydrogens (primary N) is 1. The summed E-state index contributed by atoms with van der Waals surface area (Å²) in [6, 6.07) is 7.35. The number of nitrogens with zero attached hydrogens (tertiary/aromatic N) is 2. The van der Waals surface area contributed by atoms with Crippen LogP contribution in [0.25, 0.3) is 0 Å². The van der Waals surface area contributed by atoms with Crippen LogP contribution in [0.4, 0.5) is 5.69 Å². The third kappa shape index (κ3) is 3.90. The fourth-order valence-electron chi connectivity index (χ4n) is 3.52. The maximum Gasteiger partial charge on any atom is 0.228 e. The minimum Gasteiger partial charge on any atom is -0.497 e. The molecule has 0 bridgehead atoms. The Kier molecular flexibility index (Phi) is 5.95. The van der Waals surface area contributed by atoms with Gasteiger partial charge in [-0.05, 0) is 42.6 Å². The molecule has 6 nitrogen and oxygen atoms in total. The highest BCUT2D eigenvalue weighted by Gasteiger charge is 2.41. The Morgan fingerprint density at radius 2 is 2.04 bits per heavy atom. The molecule has 1 aromatic rings. The lowest BCUT2D eigenvalue weighted by Gasteiger charge is -2.24. The van der Waals surface area contributed by atoms with Crippen molar-refractivity contribution >= 4 is 29.9 Å². The standard InChI is InChI=1S/C18H25N3O3.ClH/c1-18(11-19)7-8-20(12-18)17(23)13-9-16(22)21(10-13)14-3-5-15(24-2)6-4-14;/h3-6,13H,7-12,19H2,1-2H3;1H. The number of methoxy groups -OCH3 is 1. The third-order valence-electron chi connectivity index (χ3n) is 5.22. The Bertz CT molecular complexity index is 637. The Hall–Kier alpha value is -1.79. The summed E-state index contributed by atoms with van der Waals surface area (Å²) >= 11 is 0. The fourth-order valence-corrected chi connectivity index (χ4v) is 3.52. The lowest BCUT2D eigenvalue weighted by molar-refractivity contribution is -0.135. The van der Waals surface area contributed by atoms with Crippen LogP contribution in [0.5, 0.6) is 5.75 Å². The van der Waals surface area contributed by atoms with Crippen molar-refractivity contribution in [2.24, 2.45) is 17.1 Å². The number of carbonyl (C=O) groups is 2. The van der Waals surface area contributed by atoms with Gasteiger partial charge < -0.3 is 20.3 Å². The molecule has 2 aliphatic heterocycles. The first-order valence-corrected chi connectivity index (χ1v) is 8.39. The number of carbonyl (C=O) groups excluding carboxylic acids is 2. The molecule has 7 heteroatoms. The van der Waals surface area contributed by atoms with E-state index in [1.54, 1.807) is 12.0 Å². The number of anilines is 1. The molecule has 0 aromatic heterocycles. The molecule has 2 aliphatic rings. The van der Waals surface area contributed by atoms with E-state index in [1.807, 2.05) is 29.2 Å². The van der Waals surface area contributed by atoms with Crippen LogP contribution >= 0.6 is 12.4 Å². The van der Waals surface area contributed by atoms with Crippen LogP contribution < -0.4 is 15.4 Å². The van der Waals surface area contributed by atoms with E-state index in [-0.39, 0.29) is 42.0 Å². The zero-order valence-electron chi connectivity index (χ0n) is 14.7. The van der Waals surface area contributed by atoms with Crippen molar-refractivity contribution in [3.05, 3.63) is 24.3 Å². The van der Waals surface area contributed by atoms with E-state index < -0.39 is 0 Å².